The van der Waals surface area contributed by atoms with E-state index < -0.39 is 0 Å². The third-order valence-electron chi connectivity index (χ3n) is 3.30. The predicted molar refractivity (Wildman–Crippen MR) is 83.2 cm³/mol. The Morgan fingerprint density at radius 3 is 2.40 bits per heavy atom. The van der Waals surface area contributed by atoms with E-state index in [0.717, 1.165) is 6.42 Å². The molecule has 0 fully saturated rings. The lowest BCUT2D eigenvalue weighted by atomic mass is 9.88. The molecule has 1 heterocycles. The number of anilines is 1. The molecule has 0 aliphatic carbocycles. The topological polar surface area (TPSA) is 48.1 Å². The van der Waals surface area contributed by atoms with Crippen molar-refractivity contribution in [2.45, 2.75) is 39.5 Å². The summed E-state index contributed by atoms with van der Waals surface area (Å²) >= 11 is 0. The highest BCUT2D eigenvalue weighted by Crippen LogP contribution is 2.28. The van der Waals surface area contributed by atoms with Crippen LogP contribution in [0.5, 0.6) is 11.6 Å². The zero-order chi connectivity index (χ0) is 14.8. The fourth-order valence-corrected chi connectivity index (χ4v) is 1.91. The van der Waals surface area contributed by atoms with Gasteiger partial charge in [-0.3, -0.25) is 0 Å². The maximum atomic E-state index is 5.99. The predicted octanol–water partition coefficient (Wildman–Crippen LogP) is 4.32. The molecule has 2 aromatic rings. The lowest BCUT2D eigenvalue weighted by Gasteiger charge is -2.18. The van der Waals surface area contributed by atoms with E-state index in [4.69, 9.17) is 10.5 Å². The largest absolute Gasteiger partial charge is 0.437 e. The average molecular weight is 270 g/mol. The molecule has 3 nitrogen and oxygen atoms in total. The van der Waals surface area contributed by atoms with E-state index in [0.29, 0.717) is 17.3 Å². The molecule has 0 spiro atoms. The number of aromatic nitrogens is 1. The van der Waals surface area contributed by atoms with Crippen molar-refractivity contribution in [3.8, 4) is 11.6 Å². The van der Waals surface area contributed by atoms with Gasteiger partial charge in [-0.25, -0.2) is 4.98 Å². The Bertz CT molecular complexity index is 583. The summed E-state index contributed by atoms with van der Waals surface area (Å²) in [4.78, 5) is 4.35. The summed E-state index contributed by atoms with van der Waals surface area (Å²) in [6, 6.07) is 9.79. The second-order valence-corrected chi connectivity index (χ2v) is 5.96. The fraction of sp³-hybridized carbons (Fsp3) is 0.353. The minimum absolute atomic E-state index is 0.0906. The van der Waals surface area contributed by atoms with E-state index in [-0.39, 0.29) is 5.41 Å². The van der Waals surface area contributed by atoms with Gasteiger partial charge in [0.15, 0.2) is 5.75 Å². The monoisotopic (exact) mass is 270 g/mol. The standard InChI is InChI=1S/C17H22N2O/c1-5-12-6-8-15(14(18)10-12)20-16-9-7-13(11-19-16)17(2,3)4/h6-11H,5,18H2,1-4H3. The molecule has 0 unspecified atom stereocenters. The van der Waals surface area contributed by atoms with E-state index in [1.807, 2.05) is 36.5 Å². The first kappa shape index (κ1) is 14.4. The number of hydrogen-bond acceptors (Lipinski definition) is 3. The van der Waals surface area contributed by atoms with Crippen LogP contribution in [0, 0.1) is 0 Å². The van der Waals surface area contributed by atoms with Crippen molar-refractivity contribution >= 4 is 5.69 Å². The SMILES string of the molecule is CCc1ccc(Oc2ccc(C(C)(C)C)cn2)c(N)c1. The van der Waals surface area contributed by atoms with Crippen molar-refractivity contribution in [2.75, 3.05) is 5.73 Å². The van der Waals surface area contributed by atoms with Crippen LogP contribution >= 0.6 is 0 Å². The van der Waals surface area contributed by atoms with Crippen molar-refractivity contribution < 1.29 is 4.74 Å². The van der Waals surface area contributed by atoms with Crippen LogP contribution in [0.1, 0.15) is 38.8 Å². The lowest BCUT2D eigenvalue weighted by Crippen LogP contribution is -2.11. The zero-order valence-electron chi connectivity index (χ0n) is 12.6. The first-order valence-corrected chi connectivity index (χ1v) is 6.93. The summed E-state index contributed by atoms with van der Waals surface area (Å²) in [5.74, 6) is 1.21. The molecule has 0 saturated carbocycles. The Morgan fingerprint density at radius 2 is 1.90 bits per heavy atom. The van der Waals surface area contributed by atoms with Crippen LogP contribution in [0.3, 0.4) is 0 Å². The number of nitrogens with two attached hydrogens (primary N) is 1. The summed E-state index contributed by atoms with van der Waals surface area (Å²) in [6.07, 6.45) is 2.81. The first-order valence-electron chi connectivity index (χ1n) is 6.93. The van der Waals surface area contributed by atoms with Gasteiger partial charge in [-0.15, -0.1) is 0 Å². The third kappa shape index (κ3) is 3.29. The number of rotatable bonds is 3. The highest BCUT2D eigenvalue weighted by Gasteiger charge is 2.14. The van der Waals surface area contributed by atoms with Gasteiger partial charge < -0.3 is 10.5 Å². The molecule has 0 bridgehead atoms. The van der Waals surface area contributed by atoms with Gasteiger partial charge in [0.1, 0.15) is 0 Å². The molecule has 106 valence electrons. The van der Waals surface area contributed by atoms with Crippen LogP contribution in [0.15, 0.2) is 36.5 Å². The van der Waals surface area contributed by atoms with Gasteiger partial charge in [-0.05, 0) is 35.1 Å². The van der Waals surface area contributed by atoms with Crippen molar-refractivity contribution in [1.82, 2.24) is 4.98 Å². The molecule has 0 aliphatic heterocycles. The molecule has 2 rings (SSSR count). The summed E-state index contributed by atoms with van der Waals surface area (Å²) in [7, 11) is 0. The van der Waals surface area contributed by atoms with Crippen LogP contribution in [0.25, 0.3) is 0 Å². The average Bonchev–Trinajstić information content (AvgIpc) is 2.40. The molecule has 0 atom stereocenters. The number of nitrogen functional groups attached to an aromatic ring is 1. The van der Waals surface area contributed by atoms with E-state index >= 15 is 0 Å². The van der Waals surface area contributed by atoms with Gasteiger partial charge in [-0.1, -0.05) is 39.8 Å². The number of pyridine rings is 1. The minimum Gasteiger partial charge on any atom is -0.437 e. The van der Waals surface area contributed by atoms with Gasteiger partial charge in [0.25, 0.3) is 0 Å². The van der Waals surface area contributed by atoms with Gasteiger partial charge in [0.05, 0.1) is 5.69 Å². The molecule has 20 heavy (non-hydrogen) atoms. The summed E-state index contributed by atoms with van der Waals surface area (Å²) in [5, 5.41) is 0. The molecule has 0 radical (unpaired) electrons. The van der Waals surface area contributed by atoms with Gasteiger partial charge >= 0.3 is 0 Å². The number of benzene rings is 1. The van der Waals surface area contributed by atoms with Crippen LogP contribution in [-0.2, 0) is 11.8 Å². The van der Waals surface area contributed by atoms with E-state index in [1.54, 1.807) is 0 Å². The Balaban J connectivity index is 2.18. The molecule has 0 aliphatic rings. The van der Waals surface area contributed by atoms with E-state index in [2.05, 4.69) is 32.7 Å². The smallest absolute Gasteiger partial charge is 0.219 e. The van der Waals surface area contributed by atoms with Gasteiger partial charge in [0, 0.05) is 12.3 Å². The van der Waals surface area contributed by atoms with Crippen molar-refractivity contribution in [3.05, 3.63) is 47.7 Å². The van der Waals surface area contributed by atoms with Crippen molar-refractivity contribution in [3.63, 3.8) is 0 Å². The van der Waals surface area contributed by atoms with Gasteiger partial charge in [-0.2, -0.15) is 0 Å². The van der Waals surface area contributed by atoms with Crippen LogP contribution in [-0.4, -0.2) is 4.98 Å². The van der Waals surface area contributed by atoms with Crippen molar-refractivity contribution in [2.24, 2.45) is 0 Å². The molecule has 3 heteroatoms. The fourth-order valence-electron chi connectivity index (χ4n) is 1.91. The number of nitrogens with zero attached hydrogens (tertiary/aromatic N) is 1. The number of ether oxygens (including phenoxy) is 1. The Labute approximate surface area is 120 Å². The molecule has 0 saturated heterocycles. The highest BCUT2D eigenvalue weighted by molar-refractivity contribution is 5.55. The van der Waals surface area contributed by atoms with E-state index in [1.165, 1.54) is 11.1 Å². The normalized spacial score (nSPS) is 11.4. The third-order valence-corrected chi connectivity index (χ3v) is 3.30. The maximum absolute atomic E-state index is 5.99. The second-order valence-electron chi connectivity index (χ2n) is 5.96. The maximum Gasteiger partial charge on any atom is 0.219 e. The zero-order valence-corrected chi connectivity index (χ0v) is 12.6. The molecule has 2 N–H and O–H groups in total. The Morgan fingerprint density at radius 1 is 1.15 bits per heavy atom. The summed E-state index contributed by atoms with van der Waals surface area (Å²) in [6.45, 7) is 8.58. The molecular weight excluding hydrogens is 248 g/mol. The molecule has 1 aromatic carbocycles. The Kier molecular flexibility index (Phi) is 3.98. The van der Waals surface area contributed by atoms with Crippen LogP contribution < -0.4 is 10.5 Å². The molecule has 0 amide bonds. The van der Waals surface area contributed by atoms with Crippen LogP contribution in [0.2, 0.25) is 0 Å². The highest BCUT2D eigenvalue weighted by atomic mass is 16.5. The summed E-state index contributed by atoms with van der Waals surface area (Å²) < 4.78 is 5.74. The van der Waals surface area contributed by atoms with Gasteiger partial charge in [0.2, 0.25) is 5.88 Å². The quantitative estimate of drug-likeness (QED) is 0.845. The van der Waals surface area contributed by atoms with Crippen molar-refractivity contribution in [1.29, 1.82) is 0 Å². The molecule has 1 aromatic heterocycles. The lowest BCUT2D eigenvalue weighted by molar-refractivity contribution is 0.463. The Hall–Kier alpha value is -2.03. The molecular formula is C17H22N2O. The first-order chi connectivity index (χ1) is 9.40. The number of hydrogen-bond donors (Lipinski definition) is 1. The van der Waals surface area contributed by atoms with E-state index in [9.17, 15) is 0 Å². The van der Waals surface area contributed by atoms with Crippen LogP contribution in [0.4, 0.5) is 5.69 Å². The minimum atomic E-state index is 0.0906. The summed E-state index contributed by atoms with van der Waals surface area (Å²) in [5.41, 5.74) is 9.11. The second kappa shape index (κ2) is 5.53. The number of aryl methyl sites for hydroxylation is 1.